The zero-order valence-electron chi connectivity index (χ0n) is 12.1. The molecule has 0 saturated carbocycles. The number of nitrogens with zero attached hydrogens (tertiary/aromatic N) is 3. The number of hydrogen-bond donors (Lipinski definition) is 1. The maximum atomic E-state index is 12.7. The molecule has 4 nitrogen and oxygen atoms in total. The van der Waals surface area contributed by atoms with E-state index in [0.29, 0.717) is 39.6 Å². The van der Waals surface area contributed by atoms with Crippen LogP contribution in [0.15, 0.2) is 24.3 Å². The van der Waals surface area contributed by atoms with Crippen LogP contribution in [0.5, 0.6) is 0 Å². The minimum absolute atomic E-state index is 0.236. The molecular formula is C14H11Cl2F3N4S. The molecule has 0 fully saturated rings. The number of anilines is 1. The van der Waals surface area contributed by atoms with Crippen molar-refractivity contribution in [1.82, 2.24) is 14.7 Å². The molecule has 3 rings (SSSR count). The largest absolute Gasteiger partial charge is 0.435 e. The Morgan fingerprint density at radius 3 is 2.62 bits per heavy atom. The number of fused-ring (bicyclic) bond motifs is 1. The average molecular weight is 395 g/mol. The molecule has 0 atom stereocenters. The van der Waals surface area contributed by atoms with Crippen molar-refractivity contribution in [3.63, 3.8) is 0 Å². The second kappa shape index (κ2) is 6.42. The average Bonchev–Trinajstić information content (AvgIpc) is 2.93. The third kappa shape index (κ3) is 3.60. The maximum Gasteiger partial charge on any atom is 0.435 e. The fourth-order valence-electron chi connectivity index (χ4n) is 2.36. The van der Waals surface area contributed by atoms with Gasteiger partial charge in [-0.25, -0.2) is 0 Å². The predicted molar refractivity (Wildman–Crippen MR) is 90.3 cm³/mol. The van der Waals surface area contributed by atoms with E-state index >= 15 is 0 Å². The molecule has 0 saturated heterocycles. The summed E-state index contributed by atoms with van der Waals surface area (Å²) in [7, 11) is 0. The van der Waals surface area contributed by atoms with Gasteiger partial charge in [0.25, 0.3) is 0 Å². The number of benzene rings is 1. The lowest BCUT2D eigenvalue weighted by atomic mass is 10.3. The van der Waals surface area contributed by atoms with E-state index in [1.807, 2.05) is 0 Å². The van der Waals surface area contributed by atoms with Crippen LogP contribution in [0.1, 0.15) is 11.4 Å². The standard InChI is InChI=1S/C14H11Cl2F3N4S/c15-8-1-2-11(10(16)5-8)20-13(24)22-3-4-23-9(7-22)6-12(21-23)14(17,18)19/h1-2,5-6H,3-4,7H2,(H,20,24). The number of alkyl halides is 3. The molecule has 0 radical (unpaired) electrons. The molecule has 1 aromatic heterocycles. The van der Waals surface area contributed by atoms with Gasteiger partial charge in [0, 0.05) is 11.6 Å². The third-order valence-electron chi connectivity index (χ3n) is 3.55. The number of halogens is 5. The van der Waals surface area contributed by atoms with Gasteiger partial charge in [0.05, 0.1) is 29.5 Å². The number of aromatic nitrogens is 2. The molecule has 24 heavy (non-hydrogen) atoms. The molecular weight excluding hydrogens is 384 g/mol. The minimum Gasteiger partial charge on any atom is -0.341 e. The Hall–Kier alpha value is -1.51. The molecule has 2 aromatic rings. The van der Waals surface area contributed by atoms with Gasteiger partial charge in [-0.05, 0) is 36.5 Å². The van der Waals surface area contributed by atoms with Gasteiger partial charge in [-0.15, -0.1) is 0 Å². The summed E-state index contributed by atoms with van der Waals surface area (Å²) in [5, 5.41) is 7.86. The second-order valence-electron chi connectivity index (χ2n) is 5.22. The molecule has 0 unspecified atom stereocenters. The summed E-state index contributed by atoms with van der Waals surface area (Å²) in [6.45, 7) is 1.00. The van der Waals surface area contributed by atoms with Gasteiger partial charge in [0.1, 0.15) is 0 Å². The molecule has 1 aromatic carbocycles. The zero-order valence-corrected chi connectivity index (χ0v) is 14.4. The third-order valence-corrected chi connectivity index (χ3v) is 4.46. The lowest BCUT2D eigenvalue weighted by molar-refractivity contribution is -0.141. The van der Waals surface area contributed by atoms with E-state index in [-0.39, 0.29) is 6.54 Å². The second-order valence-corrected chi connectivity index (χ2v) is 6.45. The predicted octanol–water partition coefficient (Wildman–Crippen LogP) is 4.42. The normalized spacial score (nSPS) is 14.5. The molecule has 0 aliphatic carbocycles. The number of hydrogen-bond acceptors (Lipinski definition) is 2. The topological polar surface area (TPSA) is 33.1 Å². The molecule has 0 spiro atoms. The van der Waals surface area contributed by atoms with Gasteiger partial charge in [-0.1, -0.05) is 23.2 Å². The van der Waals surface area contributed by atoms with Crippen molar-refractivity contribution in [3.8, 4) is 0 Å². The Morgan fingerprint density at radius 1 is 1.21 bits per heavy atom. The van der Waals surface area contributed by atoms with Crippen molar-refractivity contribution in [2.75, 3.05) is 11.9 Å². The van der Waals surface area contributed by atoms with Crippen LogP contribution in [0.3, 0.4) is 0 Å². The van der Waals surface area contributed by atoms with E-state index in [4.69, 9.17) is 35.4 Å². The fourth-order valence-corrected chi connectivity index (χ4v) is 3.08. The highest BCUT2D eigenvalue weighted by Gasteiger charge is 2.35. The molecule has 10 heteroatoms. The molecule has 0 bridgehead atoms. The first-order valence-electron chi connectivity index (χ1n) is 6.89. The van der Waals surface area contributed by atoms with Crippen LogP contribution in [-0.2, 0) is 19.3 Å². The van der Waals surface area contributed by atoms with Crippen LogP contribution < -0.4 is 5.32 Å². The van der Waals surface area contributed by atoms with Gasteiger partial charge in [-0.2, -0.15) is 18.3 Å². The van der Waals surface area contributed by atoms with Crippen LogP contribution in [0, 0.1) is 0 Å². The molecule has 2 heterocycles. The molecule has 1 aliphatic heterocycles. The van der Waals surface area contributed by atoms with Gasteiger partial charge < -0.3 is 10.2 Å². The van der Waals surface area contributed by atoms with Crippen molar-refractivity contribution in [2.24, 2.45) is 0 Å². The van der Waals surface area contributed by atoms with E-state index in [9.17, 15) is 13.2 Å². The maximum absolute atomic E-state index is 12.7. The van der Waals surface area contributed by atoms with Gasteiger partial charge in [-0.3, -0.25) is 4.68 Å². The van der Waals surface area contributed by atoms with Crippen LogP contribution in [0.4, 0.5) is 18.9 Å². The monoisotopic (exact) mass is 394 g/mol. The fraction of sp³-hybridized carbons (Fsp3) is 0.286. The minimum atomic E-state index is -4.45. The Labute approximate surface area is 151 Å². The van der Waals surface area contributed by atoms with Gasteiger partial charge in [0.15, 0.2) is 10.8 Å². The quantitative estimate of drug-likeness (QED) is 0.725. The lowest BCUT2D eigenvalue weighted by Crippen LogP contribution is -2.40. The number of nitrogens with one attached hydrogen (secondary N) is 1. The first-order valence-corrected chi connectivity index (χ1v) is 8.05. The van der Waals surface area contributed by atoms with Crippen molar-refractivity contribution in [1.29, 1.82) is 0 Å². The van der Waals surface area contributed by atoms with E-state index in [1.54, 1.807) is 23.1 Å². The smallest absolute Gasteiger partial charge is 0.341 e. The van der Waals surface area contributed by atoms with Crippen LogP contribution >= 0.6 is 35.4 Å². The Kier molecular flexibility index (Phi) is 4.63. The first kappa shape index (κ1) is 17.3. The Morgan fingerprint density at radius 2 is 1.96 bits per heavy atom. The molecule has 1 N–H and O–H groups in total. The Balaban J connectivity index is 1.73. The van der Waals surface area contributed by atoms with Crippen LogP contribution in [0.25, 0.3) is 0 Å². The SMILES string of the molecule is FC(F)(F)c1cc2n(n1)CCN(C(=S)Nc1ccc(Cl)cc1Cl)C2. The van der Waals surface area contributed by atoms with Gasteiger partial charge >= 0.3 is 6.18 Å². The highest BCUT2D eigenvalue weighted by Crippen LogP contribution is 2.30. The van der Waals surface area contributed by atoms with Gasteiger partial charge in [0.2, 0.25) is 0 Å². The van der Waals surface area contributed by atoms with Crippen LogP contribution in [0.2, 0.25) is 10.0 Å². The van der Waals surface area contributed by atoms with E-state index in [0.717, 1.165) is 6.07 Å². The highest BCUT2D eigenvalue weighted by molar-refractivity contribution is 7.80. The lowest BCUT2D eigenvalue weighted by Gasteiger charge is -2.30. The molecule has 0 amide bonds. The molecule has 1 aliphatic rings. The van der Waals surface area contributed by atoms with Crippen molar-refractivity contribution >= 4 is 46.2 Å². The Bertz CT molecular complexity index is 791. The van der Waals surface area contributed by atoms with Crippen molar-refractivity contribution in [3.05, 3.63) is 45.7 Å². The van der Waals surface area contributed by atoms with E-state index in [2.05, 4.69) is 10.4 Å². The summed E-state index contributed by atoms with van der Waals surface area (Å²) in [6, 6.07) is 5.98. The summed E-state index contributed by atoms with van der Waals surface area (Å²) >= 11 is 17.3. The highest BCUT2D eigenvalue weighted by atomic mass is 35.5. The summed E-state index contributed by atoms with van der Waals surface area (Å²) in [4.78, 5) is 1.76. The van der Waals surface area contributed by atoms with E-state index < -0.39 is 11.9 Å². The summed E-state index contributed by atoms with van der Waals surface area (Å²) in [5.74, 6) is 0. The van der Waals surface area contributed by atoms with Crippen molar-refractivity contribution in [2.45, 2.75) is 19.3 Å². The number of thiocarbonyl (C=S) groups is 1. The first-order chi connectivity index (χ1) is 11.2. The van der Waals surface area contributed by atoms with Crippen molar-refractivity contribution < 1.29 is 13.2 Å². The van der Waals surface area contributed by atoms with E-state index in [1.165, 1.54) is 4.68 Å². The summed E-state index contributed by atoms with van der Waals surface area (Å²) < 4.78 is 39.6. The zero-order chi connectivity index (χ0) is 17.5. The molecule has 128 valence electrons. The number of rotatable bonds is 1. The van der Waals surface area contributed by atoms with Crippen LogP contribution in [-0.4, -0.2) is 26.3 Å². The summed E-state index contributed by atoms with van der Waals surface area (Å²) in [5.41, 5.74) is 0.153. The summed E-state index contributed by atoms with van der Waals surface area (Å²) in [6.07, 6.45) is -4.45.